The lowest BCUT2D eigenvalue weighted by atomic mass is 9.94. The number of aryl methyl sites for hydroxylation is 1. The summed E-state index contributed by atoms with van der Waals surface area (Å²) in [5.41, 5.74) is 2.42. The molecule has 0 radical (unpaired) electrons. The minimum Gasteiger partial charge on any atom is -0.495 e. The van der Waals surface area contributed by atoms with Crippen molar-refractivity contribution in [2.75, 3.05) is 44.1 Å². The lowest BCUT2D eigenvalue weighted by Crippen LogP contribution is -2.44. The number of halogens is 1. The first kappa shape index (κ1) is 24.9. The number of hydrogen-bond acceptors (Lipinski definition) is 5. The van der Waals surface area contributed by atoms with Gasteiger partial charge in [-0.15, -0.1) is 0 Å². The second kappa shape index (κ2) is 10.6. The van der Waals surface area contributed by atoms with E-state index in [-0.39, 0.29) is 36.0 Å². The van der Waals surface area contributed by atoms with Crippen LogP contribution in [0.1, 0.15) is 24.8 Å². The van der Waals surface area contributed by atoms with Crippen molar-refractivity contribution >= 4 is 40.7 Å². The van der Waals surface area contributed by atoms with Gasteiger partial charge in [-0.3, -0.25) is 14.4 Å². The van der Waals surface area contributed by atoms with Crippen LogP contribution in [0, 0.1) is 18.8 Å². The minimum absolute atomic E-state index is 0.0177. The van der Waals surface area contributed by atoms with Crippen LogP contribution >= 0.6 is 11.6 Å². The van der Waals surface area contributed by atoms with E-state index in [1.165, 1.54) is 14.2 Å². The number of ether oxygens (including phenoxy) is 2. The number of piperidine rings is 1. The van der Waals surface area contributed by atoms with Crippen molar-refractivity contribution in [3.05, 3.63) is 47.0 Å². The van der Waals surface area contributed by atoms with Crippen LogP contribution in [0.3, 0.4) is 0 Å². The number of anilines is 2. The molecule has 0 bridgehead atoms. The molecule has 4 rings (SSSR count). The van der Waals surface area contributed by atoms with Gasteiger partial charge in [-0.1, -0.05) is 29.3 Å². The Bertz CT molecular complexity index is 1110. The second-order valence-electron chi connectivity index (χ2n) is 9.02. The van der Waals surface area contributed by atoms with Crippen molar-refractivity contribution in [1.29, 1.82) is 0 Å². The van der Waals surface area contributed by atoms with Gasteiger partial charge >= 0.3 is 0 Å². The summed E-state index contributed by atoms with van der Waals surface area (Å²) in [5, 5.41) is 3.30. The largest absolute Gasteiger partial charge is 0.495 e. The fourth-order valence-corrected chi connectivity index (χ4v) is 4.89. The summed E-state index contributed by atoms with van der Waals surface area (Å²) < 4.78 is 10.6. The number of amides is 3. The Morgan fingerprint density at radius 1 is 1.00 bits per heavy atom. The number of methoxy groups -OCH3 is 2. The molecule has 2 fully saturated rings. The van der Waals surface area contributed by atoms with Crippen LogP contribution in [-0.4, -0.2) is 56.5 Å². The van der Waals surface area contributed by atoms with Gasteiger partial charge < -0.3 is 24.6 Å². The van der Waals surface area contributed by atoms with Gasteiger partial charge in [0.2, 0.25) is 17.7 Å². The van der Waals surface area contributed by atoms with Crippen LogP contribution in [0.15, 0.2) is 36.4 Å². The van der Waals surface area contributed by atoms with Crippen LogP contribution in [0.5, 0.6) is 11.5 Å². The van der Waals surface area contributed by atoms with E-state index in [1.807, 2.05) is 31.2 Å². The maximum atomic E-state index is 13.1. The lowest BCUT2D eigenvalue weighted by molar-refractivity contribution is -0.138. The Morgan fingerprint density at radius 3 is 2.29 bits per heavy atom. The zero-order chi connectivity index (χ0) is 25.1. The SMILES string of the molecule is COc1cc(NC(=O)C2CCN(C(=O)[C@H]3CC(=O)N(c4ccc(C)cc4)C3)CC2)c(OC)cc1Cl. The standard InChI is InChI=1S/C26H30ClN3O5/c1-16-4-6-19(7-5-16)30-15-18(12-24(30)31)26(33)29-10-8-17(9-11-29)25(32)28-21-14-22(34-2)20(27)13-23(21)35-3/h4-7,13-14,17-18H,8-12,15H2,1-3H3,(H,28,32)/t18-/m0/s1. The summed E-state index contributed by atoms with van der Waals surface area (Å²) in [7, 11) is 3.01. The van der Waals surface area contributed by atoms with E-state index in [0.29, 0.717) is 54.7 Å². The molecule has 8 nitrogen and oxygen atoms in total. The quantitative estimate of drug-likeness (QED) is 0.651. The molecule has 0 saturated carbocycles. The predicted molar refractivity (Wildman–Crippen MR) is 134 cm³/mol. The Kier molecular flexibility index (Phi) is 7.50. The number of carbonyl (C=O) groups is 3. The highest BCUT2D eigenvalue weighted by molar-refractivity contribution is 6.32. The maximum Gasteiger partial charge on any atom is 0.228 e. The monoisotopic (exact) mass is 499 g/mol. The van der Waals surface area contributed by atoms with E-state index in [1.54, 1.807) is 21.9 Å². The Balaban J connectivity index is 1.33. The molecular formula is C26H30ClN3O5. The average Bonchev–Trinajstić information content (AvgIpc) is 3.26. The van der Waals surface area contributed by atoms with Crippen molar-refractivity contribution in [3.8, 4) is 11.5 Å². The number of nitrogens with one attached hydrogen (secondary N) is 1. The average molecular weight is 500 g/mol. The molecule has 9 heteroatoms. The zero-order valence-electron chi connectivity index (χ0n) is 20.2. The summed E-state index contributed by atoms with van der Waals surface area (Å²) in [6.07, 6.45) is 1.31. The molecule has 2 aliphatic heterocycles. The van der Waals surface area contributed by atoms with Gasteiger partial charge in [0, 0.05) is 49.8 Å². The molecule has 1 atom stereocenters. The van der Waals surface area contributed by atoms with E-state index in [4.69, 9.17) is 21.1 Å². The Morgan fingerprint density at radius 2 is 1.66 bits per heavy atom. The van der Waals surface area contributed by atoms with Crippen molar-refractivity contribution in [1.82, 2.24) is 4.90 Å². The zero-order valence-corrected chi connectivity index (χ0v) is 20.9. The number of carbonyl (C=O) groups excluding carboxylic acids is 3. The highest BCUT2D eigenvalue weighted by Gasteiger charge is 2.38. The van der Waals surface area contributed by atoms with E-state index < -0.39 is 0 Å². The summed E-state index contributed by atoms with van der Waals surface area (Å²) in [5.74, 6) is 0.0977. The molecule has 2 saturated heterocycles. The van der Waals surface area contributed by atoms with Gasteiger partial charge in [0.15, 0.2) is 0 Å². The number of nitrogens with zero attached hydrogens (tertiary/aromatic N) is 2. The van der Waals surface area contributed by atoms with Gasteiger partial charge in [-0.05, 0) is 31.9 Å². The summed E-state index contributed by atoms with van der Waals surface area (Å²) in [6.45, 7) is 3.34. The molecule has 2 heterocycles. The highest BCUT2D eigenvalue weighted by atomic mass is 35.5. The first-order valence-corrected chi connectivity index (χ1v) is 12.1. The Labute approximate surface area is 210 Å². The summed E-state index contributed by atoms with van der Waals surface area (Å²) in [4.78, 5) is 42.1. The second-order valence-corrected chi connectivity index (χ2v) is 9.42. The molecule has 186 valence electrons. The van der Waals surface area contributed by atoms with Crippen molar-refractivity contribution in [2.45, 2.75) is 26.2 Å². The van der Waals surface area contributed by atoms with E-state index in [9.17, 15) is 14.4 Å². The number of benzene rings is 2. The third kappa shape index (κ3) is 5.37. The third-order valence-electron chi connectivity index (χ3n) is 6.73. The van der Waals surface area contributed by atoms with Crippen molar-refractivity contribution in [3.63, 3.8) is 0 Å². The minimum atomic E-state index is -0.361. The molecule has 3 amide bonds. The normalized spacial score (nSPS) is 18.5. The van der Waals surface area contributed by atoms with Crippen LogP contribution in [0.4, 0.5) is 11.4 Å². The van der Waals surface area contributed by atoms with Crippen LogP contribution in [0.25, 0.3) is 0 Å². The van der Waals surface area contributed by atoms with E-state index in [0.717, 1.165) is 11.3 Å². The molecule has 2 aromatic rings. The molecular weight excluding hydrogens is 470 g/mol. The molecule has 2 aliphatic rings. The van der Waals surface area contributed by atoms with Gasteiger partial charge in [0.05, 0.1) is 30.8 Å². The fourth-order valence-electron chi connectivity index (χ4n) is 4.66. The molecule has 0 spiro atoms. The summed E-state index contributed by atoms with van der Waals surface area (Å²) in [6, 6.07) is 11.0. The maximum absolute atomic E-state index is 13.1. The number of hydrogen-bond donors (Lipinski definition) is 1. The molecule has 2 aromatic carbocycles. The first-order chi connectivity index (χ1) is 16.8. The molecule has 0 aromatic heterocycles. The first-order valence-electron chi connectivity index (χ1n) is 11.7. The number of rotatable bonds is 6. The topological polar surface area (TPSA) is 88.2 Å². The van der Waals surface area contributed by atoms with Crippen molar-refractivity contribution < 1.29 is 23.9 Å². The van der Waals surface area contributed by atoms with Gasteiger partial charge in [0.25, 0.3) is 0 Å². The molecule has 0 aliphatic carbocycles. The smallest absolute Gasteiger partial charge is 0.228 e. The fraction of sp³-hybridized carbons (Fsp3) is 0.423. The third-order valence-corrected chi connectivity index (χ3v) is 7.02. The molecule has 1 N–H and O–H groups in total. The van der Waals surface area contributed by atoms with Gasteiger partial charge in [-0.2, -0.15) is 0 Å². The molecule has 35 heavy (non-hydrogen) atoms. The van der Waals surface area contributed by atoms with Crippen LogP contribution < -0.4 is 19.7 Å². The van der Waals surface area contributed by atoms with Crippen LogP contribution in [-0.2, 0) is 14.4 Å². The van der Waals surface area contributed by atoms with Crippen molar-refractivity contribution in [2.24, 2.45) is 11.8 Å². The number of likely N-dealkylation sites (tertiary alicyclic amines) is 1. The van der Waals surface area contributed by atoms with Crippen LogP contribution in [0.2, 0.25) is 5.02 Å². The lowest BCUT2D eigenvalue weighted by Gasteiger charge is -2.33. The highest BCUT2D eigenvalue weighted by Crippen LogP contribution is 2.36. The molecule has 0 unspecified atom stereocenters. The predicted octanol–water partition coefficient (Wildman–Crippen LogP) is 3.90. The van der Waals surface area contributed by atoms with Gasteiger partial charge in [-0.25, -0.2) is 0 Å². The van der Waals surface area contributed by atoms with E-state index >= 15 is 0 Å². The van der Waals surface area contributed by atoms with Gasteiger partial charge in [0.1, 0.15) is 11.5 Å². The Hall–Kier alpha value is -3.26. The summed E-state index contributed by atoms with van der Waals surface area (Å²) >= 11 is 6.14. The van der Waals surface area contributed by atoms with E-state index in [2.05, 4.69) is 5.32 Å².